The molecule has 0 radical (unpaired) electrons. The van der Waals surface area contributed by atoms with Crippen LogP contribution in [0.4, 0.5) is 5.69 Å². The first-order chi connectivity index (χ1) is 9.24. The van der Waals surface area contributed by atoms with Crippen molar-refractivity contribution in [3.63, 3.8) is 0 Å². The van der Waals surface area contributed by atoms with Crippen LogP contribution in [-0.4, -0.2) is 4.98 Å². The van der Waals surface area contributed by atoms with Gasteiger partial charge in [0.05, 0.1) is 10.9 Å². The number of anilines is 1. The first-order valence-corrected chi connectivity index (χ1v) is 6.13. The fourth-order valence-electron chi connectivity index (χ4n) is 2.12. The van der Waals surface area contributed by atoms with Gasteiger partial charge in [0, 0.05) is 11.4 Å². The lowest BCUT2D eigenvalue weighted by molar-refractivity contribution is 0.488. The van der Waals surface area contributed by atoms with Crippen LogP contribution in [0.5, 0.6) is 11.5 Å². The van der Waals surface area contributed by atoms with Crippen LogP contribution in [-0.2, 0) is 0 Å². The lowest BCUT2D eigenvalue weighted by Crippen LogP contribution is -1.94. The van der Waals surface area contributed by atoms with Crippen LogP contribution in [0.15, 0.2) is 54.6 Å². The third-order valence-corrected chi connectivity index (χ3v) is 2.93. The number of pyridine rings is 1. The number of benzene rings is 2. The highest BCUT2D eigenvalue weighted by Gasteiger charge is 2.08. The molecule has 2 N–H and O–H groups in total. The molecule has 94 valence electrons. The summed E-state index contributed by atoms with van der Waals surface area (Å²) >= 11 is 0. The molecule has 0 spiro atoms. The number of nitrogens with two attached hydrogens (primary N) is 1. The van der Waals surface area contributed by atoms with Gasteiger partial charge in [-0.2, -0.15) is 0 Å². The van der Waals surface area contributed by atoms with E-state index >= 15 is 0 Å². The maximum absolute atomic E-state index is 6.09. The highest BCUT2D eigenvalue weighted by molar-refractivity contribution is 5.95. The topological polar surface area (TPSA) is 48.1 Å². The van der Waals surface area contributed by atoms with E-state index in [1.807, 2.05) is 61.5 Å². The number of ether oxygens (including phenoxy) is 1. The van der Waals surface area contributed by atoms with Gasteiger partial charge < -0.3 is 10.5 Å². The number of rotatable bonds is 2. The normalized spacial score (nSPS) is 10.6. The van der Waals surface area contributed by atoms with E-state index in [0.29, 0.717) is 5.69 Å². The van der Waals surface area contributed by atoms with E-state index in [4.69, 9.17) is 10.5 Å². The number of hydrogen-bond donors (Lipinski definition) is 1. The summed E-state index contributed by atoms with van der Waals surface area (Å²) in [6.45, 7) is 1.93. The number of para-hydroxylation sites is 1. The number of aromatic nitrogens is 1. The van der Waals surface area contributed by atoms with Crippen LogP contribution in [0.25, 0.3) is 10.9 Å². The van der Waals surface area contributed by atoms with E-state index in [1.54, 1.807) is 0 Å². The Labute approximate surface area is 111 Å². The largest absolute Gasteiger partial charge is 0.457 e. The quantitative estimate of drug-likeness (QED) is 0.750. The second kappa shape index (κ2) is 4.61. The Hall–Kier alpha value is -2.55. The first kappa shape index (κ1) is 11.5. The van der Waals surface area contributed by atoms with Crippen LogP contribution in [0, 0.1) is 6.92 Å². The number of hydrogen-bond acceptors (Lipinski definition) is 3. The lowest BCUT2D eigenvalue weighted by atomic mass is 10.1. The molecule has 3 heteroatoms. The first-order valence-electron chi connectivity index (χ1n) is 6.13. The minimum atomic E-state index is 0.689. The molecule has 0 unspecified atom stereocenters. The van der Waals surface area contributed by atoms with E-state index in [1.165, 1.54) is 0 Å². The molecule has 0 fully saturated rings. The Bertz CT molecular complexity index is 723. The van der Waals surface area contributed by atoms with E-state index in [-0.39, 0.29) is 0 Å². The predicted molar refractivity (Wildman–Crippen MR) is 77.4 cm³/mol. The summed E-state index contributed by atoms with van der Waals surface area (Å²) in [6.07, 6.45) is 0. The Morgan fingerprint density at radius 2 is 1.79 bits per heavy atom. The number of aryl methyl sites for hydroxylation is 1. The van der Waals surface area contributed by atoms with Crippen LogP contribution in [0.1, 0.15) is 5.69 Å². The van der Waals surface area contributed by atoms with Crippen LogP contribution in [0.3, 0.4) is 0 Å². The van der Waals surface area contributed by atoms with Crippen LogP contribution < -0.4 is 10.5 Å². The van der Waals surface area contributed by atoms with Crippen molar-refractivity contribution in [1.82, 2.24) is 4.98 Å². The fraction of sp³-hybridized carbons (Fsp3) is 0.0625. The van der Waals surface area contributed by atoms with Crippen molar-refractivity contribution in [3.05, 3.63) is 60.3 Å². The van der Waals surface area contributed by atoms with Crippen LogP contribution in [0.2, 0.25) is 0 Å². The molecule has 3 rings (SSSR count). The summed E-state index contributed by atoms with van der Waals surface area (Å²) in [7, 11) is 0. The molecule has 1 heterocycles. The predicted octanol–water partition coefficient (Wildman–Crippen LogP) is 3.92. The molecule has 0 aliphatic heterocycles. The van der Waals surface area contributed by atoms with Crippen molar-refractivity contribution < 1.29 is 4.74 Å². The summed E-state index contributed by atoms with van der Waals surface area (Å²) in [5.41, 5.74) is 8.54. The highest BCUT2D eigenvalue weighted by atomic mass is 16.5. The molecule has 2 aromatic carbocycles. The van der Waals surface area contributed by atoms with Crippen LogP contribution >= 0.6 is 0 Å². The van der Waals surface area contributed by atoms with Crippen molar-refractivity contribution >= 4 is 16.6 Å². The van der Waals surface area contributed by atoms with Crippen molar-refractivity contribution in [3.8, 4) is 11.5 Å². The Kier molecular flexibility index (Phi) is 2.80. The van der Waals surface area contributed by atoms with Gasteiger partial charge in [0.25, 0.3) is 0 Å². The molecule has 0 saturated heterocycles. The van der Waals surface area contributed by atoms with Crippen molar-refractivity contribution in [2.75, 3.05) is 5.73 Å². The third kappa shape index (κ3) is 2.22. The van der Waals surface area contributed by atoms with E-state index in [0.717, 1.165) is 28.1 Å². The summed E-state index contributed by atoms with van der Waals surface area (Å²) in [4.78, 5) is 4.48. The van der Waals surface area contributed by atoms with E-state index in [9.17, 15) is 0 Å². The van der Waals surface area contributed by atoms with Gasteiger partial charge in [-0.3, -0.25) is 4.98 Å². The number of nitrogen functional groups attached to an aromatic ring is 1. The minimum Gasteiger partial charge on any atom is -0.457 e. The zero-order valence-electron chi connectivity index (χ0n) is 10.6. The van der Waals surface area contributed by atoms with Crippen molar-refractivity contribution in [2.45, 2.75) is 6.92 Å². The average molecular weight is 250 g/mol. The molecule has 0 atom stereocenters. The second-order valence-electron chi connectivity index (χ2n) is 4.42. The molecule has 0 bridgehead atoms. The number of fused-ring (bicyclic) bond motifs is 1. The van der Waals surface area contributed by atoms with Gasteiger partial charge in [-0.25, -0.2) is 0 Å². The van der Waals surface area contributed by atoms with E-state index in [2.05, 4.69) is 4.98 Å². The molecule has 3 aromatic rings. The smallest absolute Gasteiger partial charge is 0.138 e. The molecule has 0 saturated carbocycles. The lowest BCUT2D eigenvalue weighted by Gasteiger charge is -2.10. The maximum Gasteiger partial charge on any atom is 0.138 e. The average Bonchev–Trinajstić information content (AvgIpc) is 2.39. The summed E-state index contributed by atoms with van der Waals surface area (Å²) in [5.74, 6) is 1.52. The van der Waals surface area contributed by atoms with Gasteiger partial charge in [-0.05, 0) is 37.3 Å². The summed E-state index contributed by atoms with van der Waals surface area (Å²) in [6, 6.07) is 17.3. The molecule has 3 nitrogen and oxygen atoms in total. The van der Waals surface area contributed by atoms with E-state index < -0.39 is 0 Å². The van der Waals surface area contributed by atoms with Gasteiger partial charge in [-0.15, -0.1) is 0 Å². The zero-order valence-corrected chi connectivity index (χ0v) is 10.6. The monoisotopic (exact) mass is 250 g/mol. The Balaban J connectivity index is 2.14. The Morgan fingerprint density at radius 3 is 2.58 bits per heavy atom. The molecular formula is C16H14N2O. The molecular weight excluding hydrogens is 236 g/mol. The molecule has 0 amide bonds. The standard InChI is InChI=1S/C16H14N2O/c1-11-10-13(17)16-14(18-11)8-5-9-15(16)19-12-6-3-2-4-7-12/h2-10H,1H3,(H2,17,18). The summed E-state index contributed by atoms with van der Waals surface area (Å²) < 4.78 is 5.89. The fourth-order valence-corrected chi connectivity index (χ4v) is 2.12. The van der Waals surface area contributed by atoms with Gasteiger partial charge in [0.1, 0.15) is 11.5 Å². The minimum absolute atomic E-state index is 0.689. The van der Waals surface area contributed by atoms with Gasteiger partial charge in [-0.1, -0.05) is 24.3 Å². The van der Waals surface area contributed by atoms with Gasteiger partial charge >= 0.3 is 0 Å². The number of nitrogens with zero attached hydrogens (tertiary/aromatic N) is 1. The molecule has 0 aliphatic rings. The molecule has 19 heavy (non-hydrogen) atoms. The van der Waals surface area contributed by atoms with Gasteiger partial charge in [0.15, 0.2) is 0 Å². The zero-order chi connectivity index (χ0) is 13.2. The summed E-state index contributed by atoms with van der Waals surface area (Å²) in [5, 5.41) is 0.858. The molecule has 1 aromatic heterocycles. The molecule has 0 aliphatic carbocycles. The van der Waals surface area contributed by atoms with Crippen molar-refractivity contribution in [1.29, 1.82) is 0 Å². The van der Waals surface area contributed by atoms with Crippen molar-refractivity contribution in [2.24, 2.45) is 0 Å². The highest BCUT2D eigenvalue weighted by Crippen LogP contribution is 2.33. The third-order valence-electron chi connectivity index (χ3n) is 2.93. The SMILES string of the molecule is Cc1cc(N)c2c(Oc3ccccc3)cccc2n1. The van der Waals surface area contributed by atoms with Gasteiger partial charge in [0.2, 0.25) is 0 Å². The maximum atomic E-state index is 6.09. The second-order valence-corrected chi connectivity index (χ2v) is 4.42. The Morgan fingerprint density at radius 1 is 1.00 bits per heavy atom.